The monoisotopic (exact) mass is 279 g/mol. The Labute approximate surface area is 91.2 Å². The molecule has 0 aliphatic rings. The van der Waals surface area contributed by atoms with Crippen molar-refractivity contribution in [1.82, 2.24) is 0 Å². The number of hydrogen-bond acceptors (Lipinski definition) is 3. The SMILES string of the molecule is COc1ccc(CBr)cc1S(N)(=O)=O. The van der Waals surface area contributed by atoms with Gasteiger partial charge in [-0.05, 0) is 17.7 Å². The zero-order chi connectivity index (χ0) is 10.8. The second-order valence-corrected chi connectivity index (χ2v) is 4.75. The van der Waals surface area contributed by atoms with Gasteiger partial charge in [-0.25, -0.2) is 13.6 Å². The molecule has 1 rings (SSSR count). The number of sulfonamides is 1. The number of nitrogens with two attached hydrogens (primary N) is 1. The molecule has 1 aromatic rings. The number of hydrogen-bond donors (Lipinski definition) is 1. The van der Waals surface area contributed by atoms with E-state index in [4.69, 9.17) is 9.88 Å². The lowest BCUT2D eigenvalue weighted by Gasteiger charge is -2.07. The fourth-order valence-electron chi connectivity index (χ4n) is 1.03. The van der Waals surface area contributed by atoms with Crippen LogP contribution in [0.3, 0.4) is 0 Å². The lowest BCUT2D eigenvalue weighted by molar-refractivity contribution is 0.402. The van der Waals surface area contributed by atoms with Crippen LogP contribution in [-0.4, -0.2) is 15.5 Å². The van der Waals surface area contributed by atoms with E-state index in [0.717, 1.165) is 5.56 Å². The van der Waals surface area contributed by atoms with Crippen LogP contribution in [0.5, 0.6) is 5.75 Å². The van der Waals surface area contributed by atoms with E-state index < -0.39 is 10.0 Å². The molecule has 0 aliphatic heterocycles. The molecule has 2 N–H and O–H groups in total. The maximum atomic E-state index is 11.2. The molecule has 0 unspecified atom stereocenters. The molecule has 0 fully saturated rings. The number of benzene rings is 1. The largest absolute Gasteiger partial charge is 0.495 e. The number of ether oxygens (including phenoxy) is 1. The Morgan fingerprint density at radius 3 is 2.57 bits per heavy atom. The third-order valence-electron chi connectivity index (χ3n) is 1.69. The predicted molar refractivity (Wildman–Crippen MR) is 57.0 cm³/mol. The van der Waals surface area contributed by atoms with Crippen LogP contribution >= 0.6 is 15.9 Å². The fraction of sp³-hybridized carbons (Fsp3) is 0.250. The van der Waals surface area contributed by atoms with Crippen LogP contribution in [0.25, 0.3) is 0 Å². The van der Waals surface area contributed by atoms with Crippen LogP contribution in [0.1, 0.15) is 5.56 Å². The first kappa shape index (κ1) is 11.5. The molecule has 14 heavy (non-hydrogen) atoms. The first-order valence-corrected chi connectivity index (χ1v) is 6.41. The second kappa shape index (κ2) is 4.29. The van der Waals surface area contributed by atoms with Gasteiger partial charge < -0.3 is 4.74 Å². The minimum atomic E-state index is -3.72. The summed E-state index contributed by atoms with van der Waals surface area (Å²) < 4.78 is 27.2. The average molecular weight is 280 g/mol. The van der Waals surface area contributed by atoms with Crippen LogP contribution in [0.15, 0.2) is 23.1 Å². The number of methoxy groups -OCH3 is 1. The summed E-state index contributed by atoms with van der Waals surface area (Å²) in [7, 11) is -2.32. The molecule has 0 saturated carbocycles. The zero-order valence-corrected chi connectivity index (χ0v) is 9.93. The van der Waals surface area contributed by atoms with Crippen LogP contribution in [0.2, 0.25) is 0 Å². The topological polar surface area (TPSA) is 69.4 Å². The zero-order valence-electron chi connectivity index (χ0n) is 7.53. The first-order chi connectivity index (χ1) is 6.49. The van der Waals surface area contributed by atoms with Crippen molar-refractivity contribution in [3.05, 3.63) is 23.8 Å². The predicted octanol–water partition coefficient (Wildman–Crippen LogP) is 1.24. The van der Waals surface area contributed by atoms with Gasteiger partial charge in [0.25, 0.3) is 0 Å². The summed E-state index contributed by atoms with van der Waals surface area (Å²) in [4.78, 5) is 0.0111. The Morgan fingerprint density at radius 1 is 1.50 bits per heavy atom. The quantitative estimate of drug-likeness (QED) is 0.847. The normalized spacial score (nSPS) is 11.4. The summed E-state index contributed by atoms with van der Waals surface area (Å²) >= 11 is 3.23. The molecule has 4 nitrogen and oxygen atoms in total. The number of alkyl halides is 1. The maximum Gasteiger partial charge on any atom is 0.241 e. The third kappa shape index (κ3) is 2.46. The Kier molecular flexibility index (Phi) is 3.52. The van der Waals surface area contributed by atoms with Crippen LogP contribution in [0.4, 0.5) is 0 Å². The van der Waals surface area contributed by atoms with Crippen molar-refractivity contribution >= 4 is 26.0 Å². The molecule has 0 heterocycles. The van der Waals surface area contributed by atoms with E-state index in [1.54, 1.807) is 12.1 Å². The van der Waals surface area contributed by atoms with Gasteiger partial charge >= 0.3 is 0 Å². The van der Waals surface area contributed by atoms with Gasteiger partial charge in [-0.3, -0.25) is 0 Å². The molecule has 78 valence electrons. The van der Waals surface area contributed by atoms with Crippen molar-refractivity contribution in [2.24, 2.45) is 5.14 Å². The molecule has 6 heteroatoms. The molecule has 0 aromatic heterocycles. The van der Waals surface area contributed by atoms with Gasteiger partial charge in [0, 0.05) is 5.33 Å². The standard InChI is InChI=1S/C8H10BrNO3S/c1-13-7-3-2-6(5-9)4-8(7)14(10,11)12/h2-4H,5H2,1H3,(H2,10,11,12). The van der Waals surface area contributed by atoms with Crippen molar-refractivity contribution in [3.8, 4) is 5.75 Å². The van der Waals surface area contributed by atoms with E-state index in [1.165, 1.54) is 13.2 Å². The van der Waals surface area contributed by atoms with Crippen LogP contribution in [-0.2, 0) is 15.4 Å². The smallest absolute Gasteiger partial charge is 0.241 e. The number of halogens is 1. The summed E-state index contributed by atoms with van der Waals surface area (Å²) in [5.74, 6) is 0.261. The molecule has 0 aliphatic carbocycles. The van der Waals surface area contributed by atoms with E-state index in [2.05, 4.69) is 15.9 Å². The maximum absolute atomic E-state index is 11.2. The minimum Gasteiger partial charge on any atom is -0.495 e. The minimum absolute atomic E-state index is 0.0111. The van der Waals surface area contributed by atoms with Gasteiger partial charge in [-0.2, -0.15) is 0 Å². The van der Waals surface area contributed by atoms with Gasteiger partial charge in [0.1, 0.15) is 10.6 Å². The Bertz CT molecular complexity index is 430. The summed E-state index contributed by atoms with van der Waals surface area (Å²) in [5, 5.41) is 5.60. The van der Waals surface area contributed by atoms with E-state index in [0.29, 0.717) is 5.33 Å². The Morgan fingerprint density at radius 2 is 2.14 bits per heavy atom. The molecule has 0 saturated heterocycles. The Balaban J connectivity index is 3.37. The van der Waals surface area contributed by atoms with Crippen LogP contribution in [0, 0.1) is 0 Å². The lowest BCUT2D eigenvalue weighted by atomic mass is 10.2. The summed E-state index contributed by atoms with van der Waals surface area (Å²) in [6.07, 6.45) is 0. The van der Waals surface area contributed by atoms with Gasteiger partial charge in [-0.1, -0.05) is 22.0 Å². The molecule has 1 aromatic carbocycles. The summed E-state index contributed by atoms with van der Waals surface area (Å²) in [5.41, 5.74) is 0.829. The Hall–Kier alpha value is -0.590. The van der Waals surface area contributed by atoms with Gasteiger partial charge in [0.2, 0.25) is 10.0 Å². The summed E-state index contributed by atoms with van der Waals surface area (Å²) in [6, 6.07) is 4.83. The number of rotatable bonds is 3. The van der Waals surface area contributed by atoms with E-state index in [-0.39, 0.29) is 10.6 Å². The van der Waals surface area contributed by atoms with Crippen LogP contribution < -0.4 is 9.88 Å². The van der Waals surface area contributed by atoms with Crippen molar-refractivity contribution in [2.75, 3.05) is 7.11 Å². The number of primary sulfonamides is 1. The molecular weight excluding hydrogens is 270 g/mol. The van der Waals surface area contributed by atoms with E-state index in [1.807, 2.05) is 0 Å². The van der Waals surface area contributed by atoms with Gasteiger partial charge in [-0.15, -0.1) is 0 Å². The second-order valence-electron chi connectivity index (χ2n) is 2.66. The molecule has 0 radical (unpaired) electrons. The average Bonchev–Trinajstić information content (AvgIpc) is 2.15. The molecule has 0 spiro atoms. The highest BCUT2D eigenvalue weighted by Crippen LogP contribution is 2.24. The van der Waals surface area contributed by atoms with E-state index >= 15 is 0 Å². The highest BCUT2D eigenvalue weighted by atomic mass is 79.9. The van der Waals surface area contributed by atoms with Crippen molar-refractivity contribution in [3.63, 3.8) is 0 Å². The lowest BCUT2D eigenvalue weighted by Crippen LogP contribution is -2.13. The van der Waals surface area contributed by atoms with Crippen molar-refractivity contribution in [2.45, 2.75) is 10.2 Å². The highest BCUT2D eigenvalue weighted by molar-refractivity contribution is 9.08. The molecule has 0 bridgehead atoms. The van der Waals surface area contributed by atoms with Gasteiger partial charge in [0.05, 0.1) is 7.11 Å². The van der Waals surface area contributed by atoms with Crippen molar-refractivity contribution < 1.29 is 13.2 Å². The molecule has 0 amide bonds. The molecular formula is C8H10BrNO3S. The highest BCUT2D eigenvalue weighted by Gasteiger charge is 2.14. The fourth-order valence-corrected chi connectivity index (χ4v) is 2.12. The molecule has 0 atom stereocenters. The third-order valence-corrected chi connectivity index (χ3v) is 3.27. The van der Waals surface area contributed by atoms with E-state index in [9.17, 15) is 8.42 Å². The first-order valence-electron chi connectivity index (χ1n) is 3.74. The van der Waals surface area contributed by atoms with Gasteiger partial charge in [0.15, 0.2) is 0 Å². The van der Waals surface area contributed by atoms with Crippen molar-refractivity contribution in [1.29, 1.82) is 0 Å². The summed E-state index contributed by atoms with van der Waals surface area (Å²) in [6.45, 7) is 0.